The van der Waals surface area contributed by atoms with Crippen LogP contribution in [-0.2, 0) is 13.1 Å². The van der Waals surface area contributed by atoms with Gasteiger partial charge in [-0.25, -0.2) is 9.78 Å². The monoisotopic (exact) mass is 279 g/mol. The number of hydrogen-bond donors (Lipinski definition) is 1. The van der Waals surface area contributed by atoms with Gasteiger partial charge in [0.2, 0.25) is 0 Å². The van der Waals surface area contributed by atoms with E-state index in [0.29, 0.717) is 12.4 Å². The first kappa shape index (κ1) is 11.9. The van der Waals surface area contributed by atoms with Crippen molar-refractivity contribution in [2.75, 3.05) is 11.4 Å². The van der Waals surface area contributed by atoms with Crippen molar-refractivity contribution in [2.24, 2.45) is 0 Å². The van der Waals surface area contributed by atoms with Crippen LogP contribution < -0.4 is 4.90 Å². The number of pyridine rings is 1. The minimum Gasteiger partial charge on any atom is -0.478 e. The highest BCUT2D eigenvalue weighted by Gasteiger charge is 2.20. The Bertz CT molecular complexity index is 642. The van der Waals surface area contributed by atoms with Crippen molar-refractivity contribution in [1.82, 2.24) is 19.7 Å². The number of carboxylic acid groups (broad SMARTS) is 1. The molecule has 1 aliphatic rings. The minimum absolute atomic E-state index is 0.0544. The SMILES string of the molecule is O=C(O)c1cc(N2CCn3cnnc3C2)ncc1Cl. The Kier molecular flexibility index (Phi) is 2.83. The summed E-state index contributed by atoms with van der Waals surface area (Å²) in [4.78, 5) is 17.2. The zero-order chi connectivity index (χ0) is 13.4. The van der Waals surface area contributed by atoms with Crippen molar-refractivity contribution in [3.63, 3.8) is 0 Å². The largest absolute Gasteiger partial charge is 0.478 e. The number of rotatable bonds is 2. The van der Waals surface area contributed by atoms with Crippen LogP contribution in [0.3, 0.4) is 0 Å². The molecule has 0 unspecified atom stereocenters. The molecule has 19 heavy (non-hydrogen) atoms. The van der Waals surface area contributed by atoms with Crippen molar-refractivity contribution in [1.29, 1.82) is 0 Å². The van der Waals surface area contributed by atoms with Gasteiger partial charge in [0.1, 0.15) is 12.1 Å². The summed E-state index contributed by atoms with van der Waals surface area (Å²) in [7, 11) is 0. The van der Waals surface area contributed by atoms with Crippen LogP contribution in [0.15, 0.2) is 18.6 Å². The summed E-state index contributed by atoms with van der Waals surface area (Å²) in [5.41, 5.74) is 0.0544. The molecular weight excluding hydrogens is 270 g/mol. The molecule has 0 bridgehead atoms. The van der Waals surface area contributed by atoms with E-state index in [1.54, 1.807) is 6.33 Å². The van der Waals surface area contributed by atoms with Gasteiger partial charge in [0.05, 0.1) is 17.1 Å². The Morgan fingerprint density at radius 1 is 1.42 bits per heavy atom. The van der Waals surface area contributed by atoms with Gasteiger partial charge in [-0.1, -0.05) is 11.6 Å². The fraction of sp³-hybridized carbons (Fsp3) is 0.273. The van der Waals surface area contributed by atoms with Gasteiger partial charge in [0.25, 0.3) is 0 Å². The summed E-state index contributed by atoms with van der Waals surface area (Å²) < 4.78 is 1.96. The molecular formula is C11H10ClN5O2. The number of aromatic carboxylic acids is 1. The molecule has 0 atom stereocenters. The molecule has 0 saturated carbocycles. The number of nitrogens with zero attached hydrogens (tertiary/aromatic N) is 5. The lowest BCUT2D eigenvalue weighted by Crippen LogP contribution is -2.34. The first-order chi connectivity index (χ1) is 9.15. The second kappa shape index (κ2) is 4.51. The second-order valence-corrected chi connectivity index (χ2v) is 4.60. The molecule has 98 valence electrons. The Morgan fingerprint density at radius 3 is 3.05 bits per heavy atom. The zero-order valence-corrected chi connectivity index (χ0v) is 10.6. The zero-order valence-electron chi connectivity index (χ0n) is 9.82. The van der Waals surface area contributed by atoms with E-state index in [4.69, 9.17) is 16.7 Å². The molecule has 1 N–H and O–H groups in total. The maximum atomic E-state index is 11.1. The highest BCUT2D eigenvalue weighted by atomic mass is 35.5. The number of aromatic nitrogens is 4. The molecule has 0 saturated heterocycles. The number of hydrogen-bond acceptors (Lipinski definition) is 5. The molecule has 3 rings (SSSR count). The van der Waals surface area contributed by atoms with Crippen LogP contribution in [0, 0.1) is 0 Å². The third kappa shape index (κ3) is 2.12. The topological polar surface area (TPSA) is 84.1 Å². The quantitative estimate of drug-likeness (QED) is 0.884. The first-order valence-corrected chi connectivity index (χ1v) is 6.03. The van der Waals surface area contributed by atoms with Crippen LogP contribution in [0.5, 0.6) is 0 Å². The summed E-state index contributed by atoms with van der Waals surface area (Å²) in [6, 6.07) is 1.48. The van der Waals surface area contributed by atoms with E-state index in [-0.39, 0.29) is 10.6 Å². The lowest BCUT2D eigenvalue weighted by Gasteiger charge is -2.28. The van der Waals surface area contributed by atoms with Gasteiger partial charge < -0.3 is 14.6 Å². The Labute approximate surface area is 113 Å². The molecule has 2 aromatic rings. The van der Waals surface area contributed by atoms with Crippen molar-refractivity contribution >= 4 is 23.4 Å². The fourth-order valence-electron chi connectivity index (χ4n) is 2.03. The minimum atomic E-state index is -1.06. The average Bonchev–Trinajstić information content (AvgIpc) is 2.86. The molecule has 8 heteroatoms. The van der Waals surface area contributed by atoms with Gasteiger partial charge in [0, 0.05) is 19.3 Å². The molecule has 7 nitrogen and oxygen atoms in total. The fourth-order valence-corrected chi connectivity index (χ4v) is 2.21. The van der Waals surface area contributed by atoms with Gasteiger partial charge in [-0.3, -0.25) is 0 Å². The highest BCUT2D eigenvalue weighted by molar-refractivity contribution is 6.33. The highest BCUT2D eigenvalue weighted by Crippen LogP contribution is 2.23. The molecule has 0 aliphatic carbocycles. The number of fused-ring (bicyclic) bond motifs is 1. The van der Waals surface area contributed by atoms with Gasteiger partial charge in [-0.15, -0.1) is 10.2 Å². The average molecular weight is 280 g/mol. The summed E-state index contributed by atoms with van der Waals surface area (Å²) in [5, 5.41) is 17.0. The number of carboxylic acids is 1. The third-order valence-corrected chi connectivity index (χ3v) is 3.34. The maximum Gasteiger partial charge on any atom is 0.337 e. The van der Waals surface area contributed by atoms with Crippen LogP contribution in [0.25, 0.3) is 0 Å². The lowest BCUT2D eigenvalue weighted by molar-refractivity contribution is 0.0697. The van der Waals surface area contributed by atoms with E-state index in [9.17, 15) is 4.79 Å². The Morgan fingerprint density at radius 2 is 2.26 bits per heavy atom. The summed E-state index contributed by atoms with van der Waals surface area (Å²) in [5.74, 6) is 0.352. The molecule has 2 aromatic heterocycles. The third-order valence-electron chi connectivity index (χ3n) is 3.03. The molecule has 0 spiro atoms. The number of halogens is 1. The Hall–Kier alpha value is -2.15. The van der Waals surface area contributed by atoms with Gasteiger partial charge in [0.15, 0.2) is 5.82 Å². The van der Waals surface area contributed by atoms with E-state index in [0.717, 1.165) is 18.9 Å². The van der Waals surface area contributed by atoms with E-state index < -0.39 is 5.97 Å². The van der Waals surface area contributed by atoms with E-state index >= 15 is 0 Å². The van der Waals surface area contributed by atoms with Crippen LogP contribution in [-0.4, -0.2) is 37.4 Å². The van der Waals surface area contributed by atoms with Crippen molar-refractivity contribution in [3.05, 3.63) is 35.0 Å². The standard InChI is InChI=1S/C11H10ClN5O2/c12-8-4-13-9(3-7(8)11(18)19)16-1-2-17-6-14-15-10(17)5-16/h3-4,6H,1-2,5H2,(H,18,19). The van der Waals surface area contributed by atoms with E-state index in [1.807, 2.05) is 9.47 Å². The smallest absolute Gasteiger partial charge is 0.337 e. The van der Waals surface area contributed by atoms with Crippen LogP contribution in [0.1, 0.15) is 16.2 Å². The molecule has 0 radical (unpaired) electrons. The maximum absolute atomic E-state index is 11.1. The molecule has 0 fully saturated rings. The van der Waals surface area contributed by atoms with Crippen molar-refractivity contribution in [3.8, 4) is 0 Å². The van der Waals surface area contributed by atoms with Gasteiger partial charge in [-0.05, 0) is 6.07 Å². The normalized spacial score (nSPS) is 14.3. The summed E-state index contributed by atoms with van der Waals surface area (Å²) in [6.07, 6.45) is 3.05. The Balaban J connectivity index is 1.92. The van der Waals surface area contributed by atoms with Crippen LogP contribution >= 0.6 is 11.6 Å². The first-order valence-electron chi connectivity index (χ1n) is 5.65. The summed E-state index contributed by atoms with van der Waals surface area (Å²) >= 11 is 5.81. The second-order valence-electron chi connectivity index (χ2n) is 4.19. The van der Waals surface area contributed by atoms with E-state index in [1.165, 1.54) is 12.3 Å². The lowest BCUT2D eigenvalue weighted by atomic mass is 10.2. The van der Waals surface area contributed by atoms with Crippen LogP contribution in [0.4, 0.5) is 5.82 Å². The molecule has 3 heterocycles. The number of anilines is 1. The molecule has 0 aromatic carbocycles. The van der Waals surface area contributed by atoms with Crippen molar-refractivity contribution in [2.45, 2.75) is 13.1 Å². The number of carbonyl (C=O) groups is 1. The molecule has 0 amide bonds. The summed E-state index contributed by atoms with van der Waals surface area (Å²) in [6.45, 7) is 2.02. The van der Waals surface area contributed by atoms with Gasteiger partial charge in [-0.2, -0.15) is 0 Å². The van der Waals surface area contributed by atoms with Gasteiger partial charge >= 0.3 is 5.97 Å². The van der Waals surface area contributed by atoms with E-state index in [2.05, 4.69) is 15.2 Å². The predicted octanol–water partition coefficient (Wildman–Crippen LogP) is 1.04. The molecule has 1 aliphatic heterocycles. The van der Waals surface area contributed by atoms with Crippen LogP contribution in [0.2, 0.25) is 5.02 Å². The van der Waals surface area contributed by atoms with Crippen molar-refractivity contribution < 1.29 is 9.90 Å². The predicted molar refractivity (Wildman–Crippen MR) is 67.3 cm³/mol.